The number of amides is 2. The second kappa shape index (κ2) is 8.83. The van der Waals surface area contributed by atoms with E-state index in [9.17, 15) is 9.59 Å². The fourth-order valence-corrected chi connectivity index (χ4v) is 5.52. The standard InChI is InChI=1S/C25H23N7O3S/c1-15-10-19(32-8-4-25(5-9-32)14-29-24(34)35-25)18(13-27-15)22(33)31-23-30-21-20(36-23)11-17(12-28-21)16-2-6-26-7-3-16/h2-3,6-7,10-13H,4-5,8-9,14H2,1H3,(H,29,34)(H,28,30,31,33). The first-order chi connectivity index (χ1) is 17.5. The first kappa shape index (κ1) is 22.4. The predicted octanol–water partition coefficient (Wildman–Crippen LogP) is 3.79. The number of pyridine rings is 3. The topological polar surface area (TPSA) is 122 Å². The van der Waals surface area contributed by atoms with E-state index >= 15 is 0 Å². The molecule has 2 aliphatic heterocycles. The molecule has 6 heterocycles. The first-order valence-corrected chi connectivity index (χ1v) is 12.5. The van der Waals surface area contributed by atoms with Crippen molar-refractivity contribution in [3.8, 4) is 11.1 Å². The number of nitrogens with one attached hydrogen (secondary N) is 2. The molecule has 6 rings (SSSR count). The number of anilines is 2. The van der Waals surface area contributed by atoms with Crippen LogP contribution in [0.1, 0.15) is 28.9 Å². The van der Waals surface area contributed by atoms with Crippen LogP contribution in [-0.4, -0.2) is 57.2 Å². The van der Waals surface area contributed by atoms with Crippen LogP contribution in [0.4, 0.5) is 15.6 Å². The number of thiazole rings is 1. The number of carbonyl (C=O) groups excluding carboxylic acids is 2. The first-order valence-electron chi connectivity index (χ1n) is 11.6. The number of hydrogen-bond donors (Lipinski definition) is 2. The van der Waals surface area contributed by atoms with E-state index in [1.54, 1.807) is 24.8 Å². The van der Waals surface area contributed by atoms with E-state index in [0.717, 1.165) is 27.2 Å². The zero-order valence-electron chi connectivity index (χ0n) is 19.5. The predicted molar refractivity (Wildman–Crippen MR) is 136 cm³/mol. The van der Waals surface area contributed by atoms with E-state index in [0.29, 0.717) is 48.8 Å². The van der Waals surface area contributed by atoms with Gasteiger partial charge in [0.2, 0.25) is 0 Å². The molecule has 2 saturated heterocycles. The summed E-state index contributed by atoms with van der Waals surface area (Å²) in [6, 6.07) is 7.78. The molecule has 2 aliphatic rings. The summed E-state index contributed by atoms with van der Waals surface area (Å²) in [6.45, 7) is 3.76. The van der Waals surface area contributed by atoms with Gasteiger partial charge in [-0.3, -0.25) is 20.1 Å². The van der Waals surface area contributed by atoms with Crippen LogP contribution in [0.5, 0.6) is 0 Å². The molecule has 0 unspecified atom stereocenters. The highest BCUT2D eigenvalue weighted by molar-refractivity contribution is 7.22. The van der Waals surface area contributed by atoms with Gasteiger partial charge in [-0.25, -0.2) is 9.78 Å². The van der Waals surface area contributed by atoms with Gasteiger partial charge < -0.3 is 15.0 Å². The number of rotatable bonds is 4. The summed E-state index contributed by atoms with van der Waals surface area (Å²) < 4.78 is 6.41. The summed E-state index contributed by atoms with van der Waals surface area (Å²) in [5, 5.41) is 6.16. The van der Waals surface area contributed by atoms with Crippen molar-refractivity contribution in [3.05, 3.63) is 60.3 Å². The van der Waals surface area contributed by atoms with Crippen molar-refractivity contribution < 1.29 is 14.3 Å². The minimum Gasteiger partial charge on any atom is -0.441 e. The maximum Gasteiger partial charge on any atom is 0.407 e. The molecule has 0 atom stereocenters. The largest absolute Gasteiger partial charge is 0.441 e. The van der Waals surface area contributed by atoms with E-state index in [1.807, 2.05) is 31.2 Å². The summed E-state index contributed by atoms with van der Waals surface area (Å²) in [4.78, 5) is 44.4. The molecular formula is C25H23N7O3S. The lowest BCUT2D eigenvalue weighted by Gasteiger charge is -2.38. The smallest absolute Gasteiger partial charge is 0.407 e. The van der Waals surface area contributed by atoms with Gasteiger partial charge in [-0.05, 0) is 36.8 Å². The van der Waals surface area contributed by atoms with Crippen molar-refractivity contribution in [2.24, 2.45) is 0 Å². The lowest BCUT2D eigenvalue weighted by molar-refractivity contribution is 0.0367. The third-order valence-electron chi connectivity index (χ3n) is 6.62. The Morgan fingerprint density at radius 2 is 1.94 bits per heavy atom. The Kier molecular flexibility index (Phi) is 5.48. The molecule has 4 aromatic heterocycles. The van der Waals surface area contributed by atoms with Gasteiger partial charge >= 0.3 is 6.09 Å². The summed E-state index contributed by atoms with van der Waals surface area (Å²) in [5.74, 6) is -0.278. The van der Waals surface area contributed by atoms with Gasteiger partial charge in [-0.2, -0.15) is 4.98 Å². The van der Waals surface area contributed by atoms with Crippen molar-refractivity contribution >= 4 is 44.5 Å². The Morgan fingerprint density at radius 1 is 1.14 bits per heavy atom. The number of aryl methyl sites for hydroxylation is 1. The molecule has 2 fully saturated rings. The highest BCUT2D eigenvalue weighted by atomic mass is 32.1. The highest BCUT2D eigenvalue weighted by Gasteiger charge is 2.43. The number of piperidine rings is 1. The third kappa shape index (κ3) is 4.22. The summed E-state index contributed by atoms with van der Waals surface area (Å²) in [7, 11) is 0. The number of aromatic nitrogens is 4. The van der Waals surface area contributed by atoms with Crippen LogP contribution >= 0.6 is 11.3 Å². The second-order valence-electron chi connectivity index (χ2n) is 9.01. The second-order valence-corrected chi connectivity index (χ2v) is 10.0. The van der Waals surface area contributed by atoms with Gasteiger partial charge in [0.1, 0.15) is 5.60 Å². The molecule has 182 valence electrons. The number of ether oxygens (including phenoxy) is 1. The SMILES string of the molecule is Cc1cc(N2CCC3(CC2)CNC(=O)O3)c(C(=O)Nc2nc3ncc(-c4ccncc4)cc3s2)cn1. The third-order valence-corrected chi connectivity index (χ3v) is 7.53. The average molecular weight is 502 g/mol. The van der Waals surface area contributed by atoms with Crippen LogP contribution in [0.3, 0.4) is 0 Å². The van der Waals surface area contributed by atoms with Crippen LogP contribution < -0.4 is 15.5 Å². The Bertz CT molecular complexity index is 1470. The van der Waals surface area contributed by atoms with Gasteiger partial charge in [0, 0.05) is 62.0 Å². The van der Waals surface area contributed by atoms with Crippen LogP contribution in [0.25, 0.3) is 21.5 Å². The quantitative estimate of drug-likeness (QED) is 0.433. The molecule has 0 aliphatic carbocycles. The Morgan fingerprint density at radius 3 is 2.69 bits per heavy atom. The molecule has 1 spiro atoms. The van der Waals surface area contributed by atoms with Crippen molar-refractivity contribution in [3.63, 3.8) is 0 Å². The average Bonchev–Trinajstić information content (AvgIpc) is 3.46. The van der Waals surface area contributed by atoms with Crippen molar-refractivity contribution in [2.75, 3.05) is 29.9 Å². The summed E-state index contributed by atoms with van der Waals surface area (Å²) in [5.41, 5.74) is 4.21. The molecule has 0 bridgehead atoms. The molecule has 0 aromatic carbocycles. The van der Waals surface area contributed by atoms with Gasteiger partial charge in [0.15, 0.2) is 10.8 Å². The van der Waals surface area contributed by atoms with Gasteiger partial charge in [0.25, 0.3) is 5.91 Å². The number of carbonyl (C=O) groups is 2. The zero-order valence-corrected chi connectivity index (χ0v) is 20.3. The van der Waals surface area contributed by atoms with Crippen molar-refractivity contribution in [1.29, 1.82) is 0 Å². The summed E-state index contributed by atoms with van der Waals surface area (Å²) >= 11 is 1.38. The number of hydrogen-bond acceptors (Lipinski definition) is 9. The minimum atomic E-state index is -0.457. The molecule has 10 nitrogen and oxygen atoms in total. The normalized spacial score (nSPS) is 16.7. The van der Waals surface area contributed by atoms with Gasteiger partial charge in [0.05, 0.1) is 22.5 Å². The fraction of sp³-hybridized carbons (Fsp3) is 0.280. The van der Waals surface area contributed by atoms with E-state index in [-0.39, 0.29) is 12.0 Å². The Labute approximate surface area is 210 Å². The molecule has 4 aromatic rings. The summed E-state index contributed by atoms with van der Waals surface area (Å²) in [6.07, 6.45) is 7.88. The van der Waals surface area contributed by atoms with Gasteiger partial charge in [-0.15, -0.1) is 0 Å². The fourth-order valence-electron chi connectivity index (χ4n) is 4.66. The lowest BCUT2D eigenvalue weighted by atomic mass is 9.91. The van der Waals surface area contributed by atoms with E-state index < -0.39 is 5.60 Å². The molecule has 0 saturated carbocycles. The highest BCUT2D eigenvalue weighted by Crippen LogP contribution is 2.34. The lowest BCUT2D eigenvalue weighted by Crippen LogP contribution is -2.47. The number of nitrogens with zero attached hydrogens (tertiary/aromatic N) is 5. The van der Waals surface area contributed by atoms with Crippen molar-refractivity contribution in [2.45, 2.75) is 25.4 Å². The molecule has 2 N–H and O–H groups in total. The van der Waals surface area contributed by atoms with E-state index in [2.05, 4.69) is 35.5 Å². The molecule has 36 heavy (non-hydrogen) atoms. The maximum atomic E-state index is 13.3. The van der Waals surface area contributed by atoms with Crippen LogP contribution in [-0.2, 0) is 4.74 Å². The zero-order chi connectivity index (χ0) is 24.7. The number of fused-ring (bicyclic) bond motifs is 1. The van der Waals surface area contributed by atoms with Gasteiger partial charge in [-0.1, -0.05) is 11.3 Å². The Hall–Kier alpha value is -4.12. The van der Waals surface area contributed by atoms with Crippen LogP contribution in [0.2, 0.25) is 0 Å². The monoisotopic (exact) mass is 501 g/mol. The molecule has 11 heteroatoms. The number of alkyl carbamates (subject to hydrolysis) is 1. The van der Waals surface area contributed by atoms with Crippen molar-refractivity contribution in [1.82, 2.24) is 25.3 Å². The van der Waals surface area contributed by atoms with Crippen LogP contribution in [0, 0.1) is 6.92 Å². The van der Waals surface area contributed by atoms with E-state index in [4.69, 9.17) is 4.74 Å². The molecule has 2 amide bonds. The Balaban J connectivity index is 1.22. The maximum absolute atomic E-state index is 13.3. The molecular weight excluding hydrogens is 478 g/mol. The van der Waals surface area contributed by atoms with E-state index in [1.165, 1.54) is 11.3 Å². The molecule has 0 radical (unpaired) electrons. The minimum absolute atomic E-state index is 0.278. The van der Waals surface area contributed by atoms with Crippen LogP contribution in [0.15, 0.2) is 49.1 Å².